The van der Waals surface area contributed by atoms with Crippen LogP contribution in [0.1, 0.15) is 24.6 Å². The minimum atomic E-state index is -2.48. The Labute approximate surface area is 91.9 Å². The van der Waals surface area contributed by atoms with E-state index in [1.807, 2.05) is 35.9 Å². The number of para-hydroxylation sites is 2. The molecule has 1 aromatic heterocycles. The Morgan fingerprint density at radius 1 is 1.31 bits per heavy atom. The van der Waals surface area contributed by atoms with Crippen LogP contribution in [-0.4, -0.2) is 15.5 Å². The minimum Gasteiger partial charge on any atom is -0.331 e. The number of rotatable bonds is 1. The molecule has 1 saturated carbocycles. The van der Waals surface area contributed by atoms with E-state index in [9.17, 15) is 8.78 Å². The van der Waals surface area contributed by atoms with Gasteiger partial charge in [-0.2, -0.15) is 0 Å². The lowest BCUT2D eigenvalue weighted by molar-refractivity contribution is -0.0889. The van der Waals surface area contributed by atoms with Gasteiger partial charge in [0, 0.05) is 25.8 Å². The van der Waals surface area contributed by atoms with Crippen molar-refractivity contribution in [2.45, 2.75) is 24.7 Å². The molecule has 84 valence electrons. The first-order valence-corrected chi connectivity index (χ1v) is 5.36. The third kappa shape index (κ3) is 1.32. The fraction of sp³-hybridized carbons (Fsp3) is 0.417. The zero-order valence-electron chi connectivity index (χ0n) is 8.95. The Balaban J connectivity index is 2.02. The Morgan fingerprint density at radius 3 is 2.62 bits per heavy atom. The van der Waals surface area contributed by atoms with Crippen LogP contribution in [0.4, 0.5) is 8.78 Å². The summed E-state index contributed by atoms with van der Waals surface area (Å²) in [7, 11) is 1.89. The van der Waals surface area contributed by atoms with Crippen molar-refractivity contribution in [1.82, 2.24) is 9.55 Å². The minimum absolute atomic E-state index is 0.0653. The number of halogens is 2. The predicted octanol–water partition coefficient (Wildman–Crippen LogP) is 3.09. The smallest absolute Gasteiger partial charge is 0.249 e. The van der Waals surface area contributed by atoms with Crippen molar-refractivity contribution in [3.8, 4) is 0 Å². The summed E-state index contributed by atoms with van der Waals surface area (Å²) in [4.78, 5) is 4.43. The summed E-state index contributed by atoms with van der Waals surface area (Å²) in [6, 6.07) is 7.72. The number of hydrogen-bond acceptors (Lipinski definition) is 1. The average Bonchev–Trinajstić information content (AvgIpc) is 2.53. The first-order valence-electron chi connectivity index (χ1n) is 5.36. The number of aryl methyl sites for hydroxylation is 1. The molecule has 2 nitrogen and oxygen atoms in total. The van der Waals surface area contributed by atoms with Crippen LogP contribution in [0.15, 0.2) is 24.3 Å². The number of nitrogens with zero attached hydrogens (tertiary/aromatic N) is 2. The van der Waals surface area contributed by atoms with E-state index >= 15 is 0 Å². The van der Waals surface area contributed by atoms with Gasteiger partial charge in [0.25, 0.3) is 0 Å². The van der Waals surface area contributed by atoms with Crippen molar-refractivity contribution in [2.75, 3.05) is 0 Å². The van der Waals surface area contributed by atoms with E-state index in [4.69, 9.17) is 0 Å². The summed E-state index contributed by atoms with van der Waals surface area (Å²) in [5.74, 6) is -1.79. The molecule has 16 heavy (non-hydrogen) atoms. The number of benzene rings is 1. The third-order valence-corrected chi connectivity index (χ3v) is 3.28. The lowest BCUT2D eigenvalue weighted by atomic mass is 9.81. The number of fused-ring (bicyclic) bond motifs is 1. The van der Waals surface area contributed by atoms with Crippen molar-refractivity contribution < 1.29 is 8.78 Å². The average molecular weight is 222 g/mol. The van der Waals surface area contributed by atoms with Crippen LogP contribution in [-0.2, 0) is 7.05 Å². The highest BCUT2D eigenvalue weighted by atomic mass is 19.3. The van der Waals surface area contributed by atoms with Crippen molar-refractivity contribution in [2.24, 2.45) is 7.05 Å². The third-order valence-electron chi connectivity index (χ3n) is 3.28. The second kappa shape index (κ2) is 3.03. The van der Waals surface area contributed by atoms with Crippen LogP contribution < -0.4 is 0 Å². The molecule has 0 saturated heterocycles. The topological polar surface area (TPSA) is 17.8 Å². The van der Waals surface area contributed by atoms with Gasteiger partial charge in [-0.15, -0.1) is 0 Å². The van der Waals surface area contributed by atoms with E-state index in [1.54, 1.807) is 0 Å². The van der Waals surface area contributed by atoms with Gasteiger partial charge in [0.1, 0.15) is 5.82 Å². The molecule has 0 bridgehead atoms. The van der Waals surface area contributed by atoms with Gasteiger partial charge in [-0.25, -0.2) is 13.8 Å². The van der Waals surface area contributed by atoms with Gasteiger partial charge in [-0.3, -0.25) is 0 Å². The highest BCUT2D eigenvalue weighted by Crippen LogP contribution is 2.48. The summed E-state index contributed by atoms with van der Waals surface area (Å²) in [6.45, 7) is 0. The molecule has 0 aliphatic heterocycles. The Kier molecular flexibility index (Phi) is 1.85. The van der Waals surface area contributed by atoms with E-state index in [0.29, 0.717) is 0 Å². The second-order valence-electron chi connectivity index (χ2n) is 4.48. The molecule has 1 fully saturated rings. The molecule has 4 heteroatoms. The molecular formula is C12H12F2N2. The zero-order valence-corrected chi connectivity index (χ0v) is 8.95. The fourth-order valence-corrected chi connectivity index (χ4v) is 2.37. The second-order valence-corrected chi connectivity index (χ2v) is 4.48. The highest BCUT2D eigenvalue weighted by Gasteiger charge is 2.47. The van der Waals surface area contributed by atoms with Crippen LogP contribution in [0.2, 0.25) is 0 Å². The number of aromatic nitrogens is 2. The van der Waals surface area contributed by atoms with Crippen molar-refractivity contribution in [1.29, 1.82) is 0 Å². The zero-order chi connectivity index (χ0) is 11.3. The lowest BCUT2D eigenvalue weighted by Gasteiger charge is -2.34. The molecular weight excluding hydrogens is 210 g/mol. The first-order chi connectivity index (χ1) is 7.57. The van der Waals surface area contributed by atoms with E-state index in [-0.39, 0.29) is 18.8 Å². The maximum atomic E-state index is 12.8. The summed E-state index contributed by atoms with van der Waals surface area (Å²) in [5.41, 5.74) is 1.89. The van der Waals surface area contributed by atoms with Crippen LogP contribution in [0.3, 0.4) is 0 Å². The molecule has 0 amide bonds. The molecule has 0 atom stereocenters. The molecule has 3 rings (SSSR count). The Hall–Kier alpha value is -1.45. The summed E-state index contributed by atoms with van der Waals surface area (Å²) in [5, 5.41) is 0. The van der Waals surface area contributed by atoms with Gasteiger partial charge in [0.15, 0.2) is 0 Å². The normalized spacial score (nSPS) is 19.9. The Bertz CT molecular complexity index is 537. The fourth-order valence-electron chi connectivity index (χ4n) is 2.37. The van der Waals surface area contributed by atoms with Gasteiger partial charge < -0.3 is 4.57 Å². The molecule has 1 heterocycles. The van der Waals surface area contributed by atoms with Crippen molar-refractivity contribution >= 4 is 11.0 Å². The maximum absolute atomic E-state index is 12.8. The quantitative estimate of drug-likeness (QED) is 0.725. The molecule has 1 aliphatic carbocycles. The Morgan fingerprint density at radius 2 is 2.00 bits per heavy atom. The van der Waals surface area contributed by atoms with Crippen molar-refractivity contribution in [3.05, 3.63) is 30.1 Å². The molecule has 0 radical (unpaired) electrons. The summed E-state index contributed by atoms with van der Waals surface area (Å²) < 4.78 is 27.6. The van der Waals surface area contributed by atoms with E-state index in [1.165, 1.54) is 0 Å². The summed E-state index contributed by atoms with van der Waals surface area (Å²) in [6.07, 6.45) is -0.131. The van der Waals surface area contributed by atoms with E-state index in [0.717, 1.165) is 16.9 Å². The predicted molar refractivity (Wildman–Crippen MR) is 57.6 cm³/mol. The van der Waals surface area contributed by atoms with Crippen LogP contribution in [0.25, 0.3) is 11.0 Å². The van der Waals surface area contributed by atoms with Gasteiger partial charge in [0.05, 0.1) is 11.0 Å². The SMILES string of the molecule is Cn1c(C2CC(F)(F)C2)nc2ccccc21. The standard InChI is InChI=1S/C12H12F2N2/c1-16-10-5-3-2-4-9(10)15-11(16)8-6-12(13,14)7-8/h2-5,8H,6-7H2,1H3. The number of alkyl halides is 2. The summed E-state index contributed by atoms with van der Waals surface area (Å²) >= 11 is 0. The molecule has 0 spiro atoms. The van der Waals surface area contributed by atoms with Gasteiger partial charge in [-0.1, -0.05) is 12.1 Å². The number of hydrogen-bond donors (Lipinski definition) is 0. The van der Waals surface area contributed by atoms with Gasteiger partial charge in [0.2, 0.25) is 5.92 Å². The van der Waals surface area contributed by atoms with Crippen molar-refractivity contribution in [3.63, 3.8) is 0 Å². The van der Waals surface area contributed by atoms with Crippen LogP contribution in [0.5, 0.6) is 0 Å². The molecule has 0 N–H and O–H groups in total. The highest BCUT2D eigenvalue weighted by molar-refractivity contribution is 5.75. The van der Waals surface area contributed by atoms with Gasteiger partial charge in [-0.05, 0) is 12.1 Å². The lowest BCUT2D eigenvalue weighted by Crippen LogP contribution is -2.35. The first kappa shape index (κ1) is 9.75. The molecule has 1 aromatic carbocycles. The maximum Gasteiger partial charge on any atom is 0.249 e. The molecule has 2 aromatic rings. The molecule has 1 aliphatic rings. The largest absolute Gasteiger partial charge is 0.331 e. The van der Waals surface area contributed by atoms with Crippen LogP contribution in [0, 0.1) is 0 Å². The van der Waals surface area contributed by atoms with E-state index in [2.05, 4.69) is 4.98 Å². The number of imidazole rings is 1. The molecule has 0 unspecified atom stereocenters. The van der Waals surface area contributed by atoms with Gasteiger partial charge >= 0.3 is 0 Å². The van der Waals surface area contributed by atoms with E-state index < -0.39 is 5.92 Å². The van der Waals surface area contributed by atoms with Crippen LogP contribution >= 0.6 is 0 Å². The monoisotopic (exact) mass is 222 g/mol.